The summed E-state index contributed by atoms with van der Waals surface area (Å²) in [5.74, 6) is 6.07. The highest BCUT2D eigenvalue weighted by molar-refractivity contribution is 6.15. The zero-order chi connectivity index (χ0) is 49.4. The number of hydrazine groups is 1. The Morgan fingerprint density at radius 1 is 0.732 bits per heavy atom. The summed E-state index contributed by atoms with van der Waals surface area (Å²) in [4.78, 5) is 64.8. The van der Waals surface area contributed by atoms with Gasteiger partial charge in [-0.3, -0.25) is 34.5 Å². The van der Waals surface area contributed by atoms with Gasteiger partial charge in [-0.2, -0.15) is 0 Å². The van der Waals surface area contributed by atoms with E-state index in [1.54, 1.807) is 29.0 Å². The van der Waals surface area contributed by atoms with Gasteiger partial charge in [-0.05, 0) is 115 Å². The molecule has 2 atom stereocenters. The summed E-state index contributed by atoms with van der Waals surface area (Å²) in [5.41, 5.74) is 11.6. The summed E-state index contributed by atoms with van der Waals surface area (Å²) in [5, 5.41) is 0. The Morgan fingerprint density at radius 3 is 2.14 bits per heavy atom. The molecule has 0 radical (unpaired) electrons. The van der Waals surface area contributed by atoms with E-state index in [9.17, 15) is 19.2 Å². The minimum absolute atomic E-state index is 0.00424. The molecule has 4 aliphatic rings. The zero-order valence-corrected chi connectivity index (χ0v) is 40.4. The number of amides is 4. The Hall–Kier alpha value is -7.11. The van der Waals surface area contributed by atoms with Gasteiger partial charge in [0, 0.05) is 67.4 Å². The Kier molecular flexibility index (Phi) is 15.4. The van der Waals surface area contributed by atoms with Crippen LogP contribution in [-0.4, -0.2) is 95.7 Å². The van der Waals surface area contributed by atoms with Crippen LogP contribution in [0.1, 0.15) is 79.8 Å². The van der Waals surface area contributed by atoms with E-state index < -0.39 is 0 Å². The van der Waals surface area contributed by atoms with E-state index in [1.807, 2.05) is 90.8 Å². The van der Waals surface area contributed by atoms with Gasteiger partial charge in [-0.1, -0.05) is 36.4 Å². The standard InChI is InChI=1S/C55H60N6O10/c1-35-23-44-38(14-15-41-27-39-9-4-6-11-47(39)60(41)54(44)64)29-49(35)70-33-36-24-37(26-42(25-36)59(17-8-13-52(62)58-56)53(63)16-18-68-21-22-69-20-19-66-2)34-71-51-31-46-45(30-50(51)67-3)55(65)61-43(32-57-46)28-40-10-5-7-12-48(40)61/h4-7,9-12,23-26,29-32,41,43H,8,13-22,27-28,33-34,56H2,1-3H3,(H,58,62)/t41-,43+/m1/s1. The SMILES string of the molecule is COCCOCCOCCC(=O)N(CCCC(=O)NN)c1cc(COc2cc3c(cc2C)C(=O)N2c4ccccc4C[C@H]2CC3)cc(COc2cc3c(cc2OC)C(=O)N2c4ccccc4C[C@H]2C=N3)c1. The highest BCUT2D eigenvalue weighted by atomic mass is 16.5. The van der Waals surface area contributed by atoms with E-state index >= 15 is 0 Å². The number of fused-ring (bicyclic) bond motifs is 8. The molecule has 0 aromatic heterocycles. The van der Waals surface area contributed by atoms with Crippen LogP contribution in [0.15, 0.2) is 96.0 Å². The zero-order valence-electron chi connectivity index (χ0n) is 40.4. The third-order valence-corrected chi connectivity index (χ3v) is 13.4. The first-order valence-electron chi connectivity index (χ1n) is 24.2. The molecule has 0 spiro atoms. The molecule has 0 bridgehead atoms. The third kappa shape index (κ3) is 10.8. The molecule has 0 saturated carbocycles. The molecule has 9 rings (SSSR count). The molecule has 71 heavy (non-hydrogen) atoms. The highest BCUT2D eigenvalue weighted by Crippen LogP contribution is 2.42. The Bertz CT molecular complexity index is 2830. The van der Waals surface area contributed by atoms with Crippen LogP contribution in [0.5, 0.6) is 17.2 Å². The van der Waals surface area contributed by atoms with Crippen LogP contribution in [0.25, 0.3) is 0 Å². The lowest BCUT2D eigenvalue weighted by atomic mass is 9.98. The van der Waals surface area contributed by atoms with Crippen molar-refractivity contribution in [1.82, 2.24) is 5.43 Å². The van der Waals surface area contributed by atoms with E-state index in [2.05, 4.69) is 11.5 Å². The molecule has 16 heteroatoms. The van der Waals surface area contributed by atoms with Crippen molar-refractivity contribution < 1.29 is 47.6 Å². The molecule has 5 aromatic rings. The van der Waals surface area contributed by atoms with Crippen molar-refractivity contribution in [2.45, 2.75) is 77.2 Å². The number of hydrogen-bond acceptors (Lipinski definition) is 12. The van der Waals surface area contributed by atoms with Gasteiger partial charge in [0.05, 0.1) is 63.9 Å². The van der Waals surface area contributed by atoms with Crippen LogP contribution in [-0.2, 0) is 56.3 Å². The molecule has 4 heterocycles. The van der Waals surface area contributed by atoms with E-state index in [0.29, 0.717) is 84.6 Å². The topological polar surface area (TPSA) is 184 Å². The average molecular weight is 965 g/mol. The fraction of sp³-hybridized carbons (Fsp3) is 0.364. The van der Waals surface area contributed by atoms with Crippen molar-refractivity contribution >= 4 is 52.6 Å². The van der Waals surface area contributed by atoms with Gasteiger partial charge in [0.25, 0.3) is 11.8 Å². The number of aryl methyl sites for hydroxylation is 2. The maximum atomic E-state index is 14.2. The van der Waals surface area contributed by atoms with E-state index in [4.69, 9.17) is 39.3 Å². The summed E-state index contributed by atoms with van der Waals surface area (Å²) in [6, 6.07) is 29.0. The molecule has 5 aromatic carbocycles. The van der Waals surface area contributed by atoms with Crippen molar-refractivity contribution in [2.75, 3.05) is 68.5 Å². The van der Waals surface area contributed by atoms with Crippen molar-refractivity contribution in [3.8, 4) is 17.2 Å². The van der Waals surface area contributed by atoms with Crippen LogP contribution >= 0.6 is 0 Å². The maximum Gasteiger partial charge on any atom is 0.261 e. The quantitative estimate of drug-likeness (QED) is 0.0330. The van der Waals surface area contributed by atoms with Gasteiger partial charge in [0.15, 0.2) is 11.5 Å². The molecule has 4 amide bonds. The largest absolute Gasteiger partial charge is 0.493 e. The first-order chi connectivity index (χ1) is 34.6. The number of ether oxygens (including phenoxy) is 6. The van der Waals surface area contributed by atoms with Gasteiger partial charge < -0.3 is 38.2 Å². The van der Waals surface area contributed by atoms with Crippen molar-refractivity contribution in [3.63, 3.8) is 0 Å². The first kappa shape index (κ1) is 48.9. The number of methoxy groups -OCH3 is 2. The van der Waals surface area contributed by atoms with E-state index in [1.165, 1.54) is 12.7 Å². The van der Waals surface area contributed by atoms with Gasteiger partial charge >= 0.3 is 0 Å². The Labute approximate surface area is 413 Å². The second-order valence-electron chi connectivity index (χ2n) is 18.1. The van der Waals surface area contributed by atoms with Gasteiger partial charge in [0.2, 0.25) is 11.8 Å². The van der Waals surface area contributed by atoms with Crippen LogP contribution in [0.2, 0.25) is 0 Å². The average Bonchev–Trinajstić information content (AvgIpc) is 3.88. The minimum Gasteiger partial charge on any atom is -0.493 e. The minimum atomic E-state index is -0.348. The number of hydrogen-bond donors (Lipinski definition) is 2. The summed E-state index contributed by atoms with van der Waals surface area (Å²) < 4.78 is 35.2. The number of carbonyl (C=O) groups is 4. The number of nitrogens with two attached hydrogens (primary N) is 1. The number of aliphatic imine (C=N–C) groups is 1. The highest BCUT2D eigenvalue weighted by Gasteiger charge is 2.38. The lowest BCUT2D eigenvalue weighted by molar-refractivity contribution is -0.122. The summed E-state index contributed by atoms with van der Waals surface area (Å²) in [7, 11) is 3.13. The monoisotopic (exact) mass is 964 g/mol. The maximum absolute atomic E-state index is 14.2. The summed E-state index contributed by atoms with van der Waals surface area (Å²) in [6.45, 7) is 4.06. The molecular formula is C55H60N6O10. The lowest BCUT2D eigenvalue weighted by Gasteiger charge is -2.25. The van der Waals surface area contributed by atoms with Gasteiger partial charge in [-0.15, -0.1) is 0 Å². The number of para-hydroxylation sites is 2. The normalized spacial score (nSPS) is 16.2. The number of rotatable bonds is 21. The van der Waals surface area contributed by atoms with E-state index in [-0.39, 0.29) is 74.9 Å². The lowest BCUT2D eigenvalue weighted by Crippen LogP contribution is -2.37. The molecule has 16 nitrogen and oxygen atoms in total. The molecule has 0 aliphatic carbocycles. The smallest absolute Gasteiger partial charge is 0.261 e. The number of carbonyl (C=O) groups excluding carboxylic acids is 4. The predicted molar refractivity (Wildman–Crippen MR) is 269 cm³/mol. The molecule has 4 aliphatic heterocycles. The summed E-state index contributed by atoms with van der Waals surface area (Å²) >= 11 is 0. The molecule has 3 N–H and O–H groups in total. The van der Waals surface area contributed by atoms with E-state index in [0.717, 1.165) is 52.9 Å². The van der Waals surface area contributed by atoms with Crippen molar-refractivity contribution in [1.29, 1.82) is 0 Å². The molecule has 0 saturated heterocycles. The second kappa shape index (κ2) is 22.3. The molecule has 0 unspecified atom stereocenters. The van der Waals surface area contributed by atoms with Crippen LogP contribution in [0.3, 0.4) is 0 Å². The fourth-order valence-corrected chi connectivity index (χ4v) is 9.91. The Morgan fingerprint density at radius 2 is 1.41 bits per heavy atom. The van der Waals surface area contributed by atoms with Crippen LogP contribution in [0.4, 0.5) is 22.7 Å². The molecular weight excluding hydrogens is 905 g/mol. The predicted octanol–water partition coefficient (Wildman–Crippen LogP) is 7.14. The fourth-order valence-electron chi connectivity index (χ4n) is 9.91. The first-order valence-corrected chi connectivity index (χ1v) is 24.2. The van der Waals surface area contributed by atoms with Crippen molar-refractivity contribution in [3.05, 3.63) is 136 Å². The van der Waals surface area contributed by atoms with Crippen LogP contribution in [0, 0.1) is 6.92 Å². The molecule has 0 fully saturated rings. The number of benzene rings is 5. The van der Waals surface area contributed by atoms with Crippen LogP contribution < -0.4 is 40.2 Å². The van der Waals surface area contributed by atoms with Gasteiger partial charge in [0.1, 0.15) is 19.0 Å². The molecule has 370 valence electrons. The third-order valence-electron chi connectivity index (χ3n) is 13.4. The van der Waals surface area contributed by atoms with Crippen molar-refractivity contribution in [2.24, 2.45) is 10.8 Å². The van der Waals surface area contributed by atoms with Gasteiger partial charge in [-0.25, -0.2) is 5.84 Å². The number of anilines is 3. The second-order valence-corrected chi connectivity index (χ2v) is 18.1. The Balaban J connectivity index is 0.986. The summed E-state index contributed by atoms with van der Waals surface area (Å²) in [6.07, 6.45) is 5.38. The number of nitrogens with one attached hydrogen (secondary N) is 1. The number of nitrogens with zero attached hydrogens (tertiary/aromatic N) is 4.